The Morgan fingerprint density at radius 3 is 2.25 bits per heavy atom. The van der Waals surface area contributed by atoms with Crippen molar-refractivity contribution in [1.29, 1.82) is 0 Å². The van der Waals surface area contributed by atoms with Crippen molar-refractivity contribution in [3.8, 4) is 0 Å². The lowest BCUT2D eigenvalue weighted by Gasteiger charge is -2.07. The highest BCUT2D eigenvalue weighted by molar-refractivity contribution is 5.74. The van der Waals surface area contributed by atoms with Crippen LogP contribution in [0, 0.1) is 0 Å². The van der Waals surface area contributed by atoms with Gasteiger partial charge in [0, 0.05) is 0 Å². The molecule has 16 heavy (non-hydrogen) atoms. The maximum Gasteiger partial charge on any atom is 0.337 e. The van der Waals surface area contributed by atoms with Gasteiger partial charge in [0.15, 0.2) is 6.10 Å². The first-order valence-electron chi connectivity index (χ1n) is 6.18. The lowest BCUT2D eigenvalue weighted by atomic mass is 10.1. The van der Waals surface area contributed by atoms with Gasteiger partial charge in [0.2, 0.25) is 0 Å². The summed E-state index contributed by atoms with van der Waals surface area (Å²) in [6, 6.07) is 0. The average molecular weight is 232 g/mol. The Balaban J connectivity index is 3.18. The van der Waals surface area contributed by atoms with Crippen molar-refractivity contribution in [2.45, 2.75) is 58.0 Å². The summed E-state index contributed by atoms with van der Waals surface area (Å²) >= 11 is 0. The molecule has 0 saturated carbocycles. The van der Waals surface area contributed by atoms with E-state index in [2.05, 4.69) is 6.92 Å². The Hall–Kier alpha value is -0.610. The van der Waals surface area contributed by atoms with Crippen LogP contribution < -0.4 is 0 Å². The van der Waals surface area contributed by atoms with Crippen LogP contribution in [0.3, 0.4) is 0 Å². The Kier molecular flexibility index (Phi) is 10.5. The van der Waals surface area contributed by atoms with E-state index in [9.17, 15) is 4.79 Å². The fourth-order valence-corrected chi connectivity index (χ4v) is 1.40. The molecule has 0 heterocycles. The van der Waals surface area contributed by atoms with E-state index in [1.165, 1.54) is 32.1 Å². The molecule has 0 radical (unpaired) electrons. The standard InChI is InChI=1S/C12H24O4/c1-2-3-4-5-6-7-8-9-16-12(15)11(14)10-13/h11,13-14H,2-10H2,1H3. The maximum atomic E-state index is 10.9. The Morgan fingerprint density at radius 1 is 1.12 bits per heavy atom. The van der Waals surface area contributed by atoms with Gasteiger partial charge in [0.1, 0.15) is 0 Å². The second kappa shape index (κ2) is 10.9. The first-order chi connectivity index (χ1) is 7.72. The molecule has 0 aliphatic heterocycles. The summed E-state index contributed by atoms with van der Waals surface area (Å²) in [6.07, 6.45) is 6.71. The topological polar surface area (TPSA) is 66.8 Å². The molecule has 0 aliphatic carbocycles. The average Bonchev–Trinajstić information content (AvgIpc) is 2.31. The molecular weight excluding hydrogens is 208 g/mol. The van der Waals surface area contributed by atoms with Gasteiger partial charge in [-0.3, -0.25) is 0 Å². The Labute approximate surface area is 97.6 Å². The van der Waals surface area contributed by atoms with Gasteiger partial charge in [-0.25, -0.2) is 4.79 Å². The number of ether oxygens (including phenoxy) is 1. The number of rotatable bonds is 10. The normalized spacial score (nSPS) is 12.4. The third kappa shape index (κ3) is 8.68. The zero-order valence-corrected chi connectivity index (χ0v) is 10.2. The molecule has 0 aromatic heterocycles. The maximum absolute atomic E-state index is 10.9. The first-order valence-corrected chi connectivity index (χ1v) is 6.18. The number of aliphatic hydroxyl groups excluding tert-OH is 2. The molecule has 0 rings (SSSR count). The van der Waals surface area contributed by atoms with Crippen molar-refractivity contribution in [3.05, 3.63) is 0 Å². The molecule has 4 heteroatoms. The molecule has 0 bridgehead atoms. The number of esters is 1. The van der Waals surface area contributed by atoms with Crippen molar-refractivity contribution >= 4 is 5.97 Å². The van der Waals surface area contributed by atoms with E-state index in [4.69, 9.17) is 14.9 Å². The molecule has 0 fully saturated rings. The minimum absolute atomic E-state index is 0.337. The van der Waals surface area contributed by atoms with Crippen LogP contribution in [0.2, 0.25) is 0 Å². The minimum atomic E-state index is -1.38. The highest BCUT2D eigenvalue weighted by Gasteiger charge is 2.14. The Bertz CT molecular complexity index is 170. The fraction of sp³-hybridized carbons (Fsp3) is 0.917. The fourth-order valence-electron chi connectivity index (χ4n) is 1.40. The molecule has 2 N–H and O–H groups in total. The predicted octanol–water partition coefficient (Wildman–Crippen LogP) is 1.63. The van der Waals surface area contributed by atoms with Crippen LogP contribution in [0.4, 0.5) is 0 Å². The van der Waals surface area contributed by atoms with E-state index < -0.39 is 18.7 Å². The predicted molar refractivity (Wildman–Crippen MR) is 62.0 cm³/mol. The smallest absolute Gasteiger partial charge is 0.337 e. The number of carbonyl (C=O) groups excluding carboxylic acids is 1. The molecular formula is C12H24O4. The molecule has 96 valence electrons. The number of aliphatic hydroxyl groups is 2. The van der Waals surface area contributed by atoms with Gasteiger partial charge in [-0.2, -0.15) is 0 Å². The van der Waals surface area contributed by atoms with Gasteiger partial charge in [-0.05, 0) is 6.42 Å². The van der Waals surface area contributed by atoms with E-state index in [0.29, 0.717) is 6.61 Å². The first kappa shape index (κ1) is 15.4. The van der Waals surface area contributed by atoms with Crippen molar-refractivity contribution in [3.63, 3.8) is 0 Å². The van der Waals surface area contributed by atoms with Gasteiger partial charge < -0.3 is 14.9 Å². The van der Waals surface area contributed by atoms with Crippen LogP contribution in [0.25, 0.3) is 0 Å². The van der Waals surface area contributed by atoms with Gasteiger partial charge >= 0.3 is 5.97 Å². The van der Waals surface area contributed by atoms with Crippen LogP contribution in [0.5, 0.6) is 0 Å². The third-order valence-electron chi connectivity index (χ3n) is 2.44. The number of hydrogen-bond acceptors (Lipinski definition) is 4. The van der Waals surface area contributed by atoms with E-state index in [0.717, 1.165) is 12.8 Å². The molecule has 0 spiro atoms. The minimum Gasteiger partial charge on any atom is -0.464 e. The summed E-state index contributed by atoms with van der Waals surface area (Å²) in [5, 5.41) is 17.4. The van der Waals surface area contributed by atoms with Gasteiger partial charge in [-0.1, -0.05) is 45.4 Å². The third-order valence-corrected chi connectivity index (χ3v) is 2.44. The monoisotopic (exact) mass is 232 g/mol. The second-order valence-electron chi connectivity index (χ2n) is 3.99. The molecule has 0 aromatic rings. The van der Waals surface area contributed by atoms with E-state index in [1.807, 2.05) is 0 Å². The number of carbonyl (C=O) groups is 1. The highest BCUT2D eigenvalue weighted by Crippen LogP contribution is 2.06. The zero-order valence-electron chi connectivity index (χ0n) is 10.2. The van der Waals surface area contributed by atoms with E-state index in [-0.39, 0.29) is 0 Å². The van der Waals surface area contributed by atoms with Crippen LogP contribution in [0.1, 0.15) is 51.9 Å². The SMILES string of the molecule is CCCCCCCCCOC(=O)C(O)CO. The summed E-state index contributed by atoms with van der Waals surface area (Å²) < 4.78 is 4.77. The van der Waals surface area contributed by atoms with E-state index in [1.54, 1.807) is 0 Å². The van der Waals surface area contributed by atoms with Crippen LogP contribution >= 0.6 is 0 Å². The zero-order chi connectivity index (χ0) is 12.2. The lowest BCUT2D eigenvalue weighted by Crippen LogP contribution is -2.26. The largest absolute Gasteiger partial charge is 0.464 e. The highest BCUT2D eigenvalue weighted by atomic mass is 16.5. The van der Waals surface area contributed by atoms with Gasteiger partial charge in [0.25, 0.3) is 0 Å². The van der Waals surface area contributed by atoms with Crippen LogP contribution in [0.15, 0.2) is 0 Å². The lowest BCUT2D eigenvalue weighted by molar-refractivity contribution is -0.155. The summed E-state index contributed by atoms with van der Waals surface area (Å²) in [5.41, 5.74) is 0. The summed E-state index contributed by atoms with van der Waals surface area (Å²) in [6.45, 7) is 1.95. The van der Waals surface area contributed by atoms with Crippen molar-refractivity contribution in [2.75, 3.05) is 13.2 Å². The molecule has 0 amide bonds. The van der Waals surface area contributed by atoms with Gasteiger partial charge in [-0.15, -0.1) is 0 Å². The molecule has 4 nitrogen and oxygen atoms in total. The number of unbranched alkanes of at least 4 members (excludes halogenated alkanes) is 6. The second-order valence-corrected chi connectivity index (χ2v) is 3.99. The summed E-state index contributed by atoms with van der Waals surface area (Å²) in [4.78, 5) is 10.9. The summed E-state index contributed by atoms with van der Waals surface area (Å²) in [7, 11) is 0. The molecule has 0 saturated heterocycles. The quantitative estimate of drug-likeness (QED) is 0.444. The van der Waals surface area contributed by atoms with Crippen LogP contribution in [-0.4, -0.2) is 35.5 Å². The van der Waals surface area contributed by atoms with Crippen molar-refractivity contribution in [1.82, 2.24) is 0 Å². The molecule has 0 aromatic carbocycles. The van der Waals surface area contributed by atoms with Crippen molar-refractivity contribution in [2.24, 2.45) is 0 Å². The number of hydrogen-bond donors (Lipinski definition) is 2. The molecule has 0 aliphatic rings. The summed E-state index contributed by atoms with van der Waals surface area (Å²) in [5.74, 6) is -0.728. The Morgan fingerprint density at radius 2 is 1.69 bits per heavy atom. The van der Waals surface area contributed by atoms with Crippen molar-refractivity contribution < 1.29 is 19.7 Å². The van der Waals surface area contributed by atoms with Crippen LogP contribution in [-0.2, 0) is 9.53 Å². The van der Waals surface area contributed by atoms with Gasteiger partial charge in [0.05, 0.1) is 13.2 Å². The van der Waals surface area contributed by atoms with E-state index >= 15 is 0 Å². The molecule has 1 atom stereocenters. The molecule has 1 unspecified atom stereocenters.